The summed E-state index contributed by atoms with van der Waals surface area (Å²) in [7, 11) is 3.14. The van der Waals surface area contributed by atoms with Crippen LogP contribution in [0.1, 0.15) is 18.4 Å². The number of methoxy groups -OCH3 is 2. The fraction of sp³-hybridized carbons (Fsp3) is 0.350. The Kier molecular flexibility index (Phi) is 6.41. The summed E-state index contributed by atoms with van der Waals surface area (Å²) in [5, 5.41) is 0. The van der Waals surface area contributed by atoms with Gasteiger partial charge in [0, 0.05) is 12.6 Å². The number of benzene rings is 1. The number of carbonyl (C=O) groups is 1. The number of halogens is 1. The van der Waals surface area contributed by atoms with Crippen LogP contribution >= 0.6 is 0 Å². The van der Waals surface area contributed by atoms with Gasteiger partial charge in [-0.3, -0.25) is 4.79 Å². The molecule has 1 aromatic carbocycles. The van der Waals surface area contributed by atoms with E-state index in [4.69, 9.17) is 14.2 Å². The van der Waals surface area contributed by atoms with Crippen LogP contribution in [0.4, 0.5) is 4.39 Å². The maximum absolute atomic E-state index is 12.9. The summed E-state index contributed by atoms with van der Waals surface area (Å²) in [5.41, 5.74) is 0.829. The van der Waals surface area contributed by atoms with Crippen molar-refractivity contribution in [3.8, 4) is 17.5 Å². The number of amides is 1. The van der Waals surface area contributed by atoms with Gasteiger partial charge in [0.1, 0.15) is 6.10 Å². The van der Waals surface area contributed by atoms with Gasteiger partial charge in [-0.05, 0) is 36.6 Å². The maximum Gasteiger partial charge on any atom is 0.316 e. The van der Waals surface area contributed by atoms with Crippen molar-refractivity contribution in [1.82, 2.24) is 14.9 Å². The average molecular weight is 387 g/mol. The molecular formula is C20H22FN3O4. The SMILES string of the molecule is COc1ccc(/C=C/C(=O)N2CCCC(Oc3ncc(F)cn3)C2)cc1OC. The quantitative estimate of drug-likeness (QED) is 0.710. The molecule has 0 saturated carbocycles. The molecule has 0 radical (unpaired) electrons. The minimum Gasteiger partial charge on any atom is -0.493 e. The number of likely N-dealkylation sites (tertiary alicyclic amines) is 1. The first kappa shape index (κ1) is 19.6. The number of ether oxygens (including phenoxy) is 3. The molecule has 1 unspecified atom stereocenters. The average Bonchev–Trinajstić information content (AvgIpc) is 2.73. The van der Waals surface area contributed by atoms with E-state index in [1.165, 1.54) is 6.08 Å². The van der Waals surface area contributed by atoms with E-state index in [1.54, 1.807) is 37.3 Å². The second-order valence-electron chi connectivity index (χ2n) is 6.30. The molecule has 1 fully saturated rings. The Bertz CT molecular complexity index is 842. The van der Waals surface area contributed by atoms with Crippen molar-refractivity contribution in [2.24, 2.45) is 0 Å². The zero-order valence-corrected chi connectivity index (χ0v) is 15.8. The number of carbonyl (C=O) groups excluding carboxylic acids is 1. The Morgan fingerprint density at radius 2 is 1.96 bits per heavy atom. The van der Waals surface area contributed by atoms with Gasteiger partial charge in [0.25, 0.3) is 0 Å². The van der Waals surface area contributed by atoms with Gasteiger partial charge in [-0.15, -0.1) is 0 Å². The predicted octanol–water partition coefficient (Wildman–Crippen LogP) is 2.72. The molecule has 0 aliphatic carbocycles. The minimum atomic E-state index is -0.520. The molecule has 1 amide bonds. The molecular weight excluding hydrogens is 365 g/mol. The third-order valence-corrected chi connectivity index (χ3v) is 4.38. The molecule has 28 heavy (non-hydrogen) atoms. The minimum absolute atomic E-state index is 0.108. The third kappa shape index (κ3) is 4.97. The van der Waals surface area contributed by atoms with Crippen molar-refractivity contribution in [1.29, 1.82) is 0 Å². The Labute approximate surface area is 162 Å². The van der Waals surface area contributed by atoms with Gasteiger partial charge in [-0.2, -0.15) is 0 Å². The number of rotatable bonds is 6. The molecule has 2 aromatic rings. The van der Waals surface area contributed by atoms with Gasteiger partial charge in [-0.1, -0.05) is 6.07 Å². The van der Waals surface area contributed by atoms with Crippen LogP contribution in [0.2, 0.25) is 0 Å². The van der Waals surface area contributed by atoms with Crippen LogP contribution in [0.25, 0.3) is 6.08 Å². The molecule has 3 rings (SSSR count). The summed E-state index contributed by atoms with van der Waals surface area (Å²) in [6.45, 7) is 1.08. The van der Waals surface area contributed by atoms with Crippen molar-refractivity contribution in [3.05, 3.63) is 48.0 Å². The highest BCUT2D eigenvalue weighted by Crippen LogP contribution is 2.28. The van der Waals surface area contributed by atoms with E-state index in [1.807, 2.05) is 6.07 Å². The van der Waals surface area contributed by atoms with Crippen LogP contribution in [-0.2, 0) is 4.79 Å². The normalized spacial score (nSPS) is 16.8. The second kappa shape index (κ2) is 9.16. The molecule has 8 heteroatoms. The number of hydrogen-bond donors (Lipinski definition) is 0. The molecule has 1 aliphatic heterocycles. The zero-order valence-electron chi connectivity index (χ0n) is 15.8. The lowest BCUT2D eigenvalue weighted by Gasteiger charge is -2.31. The first-order chi connectivity index (χ1) is 13.6. The molecule has 1 atom stereocenters. The molecule has 0 bridgehead atoms. The Morgan fingerprint density at radius 3 is 2.68 bits per heavy atom. The highest BCUT2D eigenvalue weighted by atomic mass is 19.1. The molecule has 7 nitrogen and oxygen atoms in total. The highest BCUT2D eigenvalue weighted by Gasteiger charge is 2.24. The number of aromatic nitrogens is 2. The Morgan fingerprint density at radius 1 is 1.21 bits per heavy atom. The zero-order chi connectivity index (χ0) is 19.9. The largest absolute Gasteiger partial charge is 0.493 e. The number of nitrogens with zero attached hydrogens (tertiary/aromatic N) is 3. The van der Waals surface area contributed by atoms with E-state index in [9.17, 15) is 9.18 Å². The summed E-state index contributed by atoms with van der Waals surface area (Å²) >= 11 is 0. The second-order valence-corrected chi connectivity index (χ2v) is 6.30. The molecule has 0 spiro atoms. The summed E-state index contributed by atoms with van der Waals surface area (Å²) < 4.78 is 29.0. The van der Waals surface area contributed by atoms with Crippen molar-refractivity contribution in [3.63, 3.8) is 0 Å². The first-order valence-corrected chi connectivity index (χ1v) is 8.92. The standard InChI is InChI=1S/C20H22FN3O4/c1-26-17-7-5-14(10-18(17)27-2)6-8-19(25)24-9-3-4-16(13-24)28-20-22-11-15(21)12-23-20/h5-8,10-12,16H,3-4,9,13H2,1-2H3/b8-6+. The Hall–Kier alpha value is -3.16. The first-order valence-electron chi connectivity index (χ1n) is 8.92. The van der Waals surface area contributed by atoms with Crippen LogP contribution in [0.15, 0.2) is 36.7 Å². The van der Waals surface area contributed by atoms with Crippen LogP contribution in [-0.4, -0.2) is 54.2 Å². The lowest BCUT2D eigenvalue weighted by molar-refractivity contribution is -0.128. The molecule has 1 aromatic heterocycles. The molecule has 2 heterocycles. The lowest BCUT2D eigenvalue weighted by atomic mass is 10.1. The van der Waals surface area contributed by atoms with Crippen molar-refractivity contribution < 1.29 is 23.4 Å². The molecule has 1 aliphatic rings. The summed E-state index contributed by atoms with van der Waals surface area (Å²) in [6, 6.07) is 5.55. The third-order valence-electron chi connectivity index (χ3n) is 4.38. The molecule has 148 valence electrons. The fourth-order valence-electron chi connectivity index (χ4n) is 2.97. The van der Waals surface area contributed by atoms with E-state index in [0.717, 1.165) is 30.8 Å². The maximum atomic E-state index is 12.9. The number of hydrogen-bond acceptors (Lipinski definition) is 6. The number of piperidine rings is 1. The van der Waals surface area contributed by atoms with E-state index in [0.29, 0.717) is 24.6 Å². The van der Waals surface area contributed by atoms with Gasteiger partial charge in [0.2, 0.25) is 5.91 Å². The smallest absolute Gasteiger partial charge is 0.316 e. The van der Waals surface area contributed by atoms with E-state index < -0.39 is 5.82 Å². The van der Waals surface area contributed by atoms with Crippen LogP contribution in [0.5, 0.6) is 17.5 Å². The highest BCUT2D eigenvalue weighted by molar-refractivity contribution is 5.92. The van der Waals surface area contributed by atoms with Gasteiger partial charge >= 0.3 is 6.01 Å². The summed E-state index contributed by atoms with van der Waals surface area (Å²) in [5.74, 6) is 0.601. The van der Waals surface area contributed by atoms with Gasteiger partial charge in [0.15, 0.2) is 17.3 Å². The van der Waals surface area contributed by atoms with Crippen molar-refractivity contribution in [2.45, 2.75) is 18.9 Å². The van der Waals surface area contributed by atoms with E-state index in [2.05, 4.69) is 9.97 Å². The summed E-state index contributed by atoms with van der Waals surface area (Å²) in [4.78, 5) is 21.9. The van der Waals surface area contributed by atoms with E-state index >= 15 is 0 Å². The monoisotopic (exact) mass is 387 g/mol. The Balaban J connectivity index is 1.60. The van der Waals surface area contributed by atoms with Crippen molar-refractivity contribution in [2.75, 3.05) is 27.3 Å². The van der Waals surface area contributed by atoms with Crippen LogP contribution in [0.3, 0.4) is 0 Å². The van der Waals surface area contributed by atoms with Gasteiger partial charge in [0.05, 0.1) is 33.2 Å². The van der Waals surface area contributed by atoms with Gasteiger partial charge < -0.3 is 19.1 Å². The molecule has 1 saturated heterocycles. The van der Waals surface area contributed by atoms with Crippen LogP contribution < -0.4 is 14.2 Å². The van der Waals surface area contributed by atoms with E-state index in [-0.39, 0.29) is 18.0 Å². The summed E-state index contributed by atoms with van der Waals surface area (Å²) in [6.07, 6.45) is 6.74. The topological polar surface area (TPSA) is 73.8 Å². The predicted molar refractivity (Wildman–Crippen MR) is 101 cm³/mol. The van der Waals surface area contributed by atoms with Crippen LogP contribution in [0, 0.1) is 5.82 Å². The lowest BCUT2D eigenvalue weighted by Crippen LogP contribution is -2.43. The van der Waals surface area contributed by atoms with Gasteiger partial charge in [-0.25, -0.2) is 14.4 Å². The van der Waals surface area contributed by atoms with Crippen molar-refractivity contribution >= 4 is 12.0 Å². The molecule has 0 N–H and O–H groups in total. The fourth-order valence-corrected chi connectivity index (χ4v) is 2.97.